The molecular weight excluding hydrogens is 484 g/mol. The van der Waals surface area contributed by atoms with Crippen molar-refractivity contribution in [1.82, 2.24) is 15.5 Å². The number of nitrogens with one attached hydrogen (secondary N) is 2. The first-order chi connectivity index (χ1) is 17.8. The lowest BCUT2D eigenvalue weighted by atomic mass is 9.94. The normalized spacial score (nSPS) is 18.2. The summed E-state index contributed by atoms with van der Waals surface area (Å²) in [6.45, 7) is 13.7. The molecule has 212 valence electrons. The molecule has 9 nitrogen and oxygen atoms in total. The van der Waals surface area contributed by atoms with Gasteiger partial charge in [0.05, 0.1) is 0 Å². The quantitative estimate of drug-likeness (QED) is 0.331. The fraction of sp³-hybridized carbons (Fsp3) is 0.655. The maximum Gasteiger partial charge on any atom is 0.408 e. The van der Waals surface area contributed by atoms with E-state index in [2.05, 4.69) is 17.6 Å². The van der Waals surface area contributed by atoms with Crippen LogP contribution in [-0.2, 0) is 19.1 Å². The maximum absolute atomic E-state index is 14.2. The minimum Gasteiger partial charge on any atom is -0.444 e. The van der Waals surface area contributed by atoms with E-state index in [9.17, 15) is 19.2 Å². The Morgan fingerprint density at radius 1 is 1.16 bits per heavy atom. The van der Waals surface area contributed by atoms with E-state index >= 15 is 0 Å². The van der Waals surface area contributed by atoms with Gasteiger partial charge in [-0.1, -0.05) is 44.9 Å². The van der Waals surface area contributed by atoms with Crippen molar-refractivity contribution in [2.24, 2.45) is 11.7 Å². The summed E-state index contributed by atoms with van der Waals surface area (Å²) >= 11 is 0. The Kier molecular flexibility index (Phi) is 11.2. The predicted molar refractivity (Wildman–Crippen MR) is 147 cm³/mol. The van der Waals surface area contributed by atoms with Crippen LogP contribution >= 0.6 is 0 Å². The van der Waals surface area contributed by atoms with Crippen LogP contribution in [0.1, 0.15) is 95.9 Å². The zero-order valence-electron chi connectivity index (χ0n) is 24.1. The Hall–Kier alpha value is -3.10. The minimum atomic E-state index is -1.08. The number of benzene rings is 1. The van der Waals surface area contributed by atoms with Gasteiger partial charge in [0, 0.05) is 19.0 Å². The number of amides is 4. The molecule has 0 saturated heterocycles. The van der Waals surface area contributed by atoms with E-state index in [1.54, 1.807) is 25.7 Å². The first kappa shape index (κ1) is 31.1. The van der Waals surface area contributed by atoms with Crippen molar-refractivity contribution in [3.8, 4) is 0 Å². The predicted octanol–water partition coefficient (Wildman–Crippen LogP) is 4.05. The molecule has 1 aromatic carbocycles. The third kappa shape index (κ3) is 9.03. The number of alkyl carbamates (subject to hydrolysis) is 1. The highest BCUT2D eigenvalue weighted by Crippen LogP contribution is 2.41. The number of ether oxygens (including phenoxy) is 1. The molecule has 1 aromatic rings. The molecule has 38 heavy (non-hydrogen) atoms. The fourth-order valence-corrected chi connectivity index (χ4v) is 4.52. The molecule has 4 unspecified atom stereocenters. The van der Waals surface area contributed by atoms with Crippen molar-refractivity contribution in [2.75, 3.05) is 6.54 Å². The van der Waals surface area contributed by atoms with E-state index in [1.807, 2.05) is 39.0 Å². The summed E-state index contributed by atoms with van der Waals surface area (Å²) in [6, 6.07) is 3.61. The Morgan fingerprint density at radius 2 is 1.82 bits per heavy atom. The SMILES string of the molecule is CCCCCNC(=O)C(c1cccc(C)c1C)N(C(=O)C(CCC(N)=O)NC(=O)OC(C)(C)C)C1CC1C. The number of nitrogens with two attached hydrogens (primary N) is 1. The van der Waals surface area contributed by atoms with Crippen molar-refractivity contribution in [3.05, 3.63) is 34.9 Å². The first-order valence-corrected chi connectivity index (χ1v) is 13.7. The standard InChI is InChI=1S/C29H46N4O5/c1-8-9-10-16-31-26(35)25(21-13-11-12-18(2)20(21)4)33(23-17-19(23)3)27(36)22(14-15-24(30)34)32-28(37)38-29(5,6)7/h11-13,19,22-23,25H,8-10,14-17H2,1-7H3,(H2,30,34)(H,31,35)(H,32,37). The number of nitrogens with zero attached hydrogens (tertiary/aromatic N) is 1. The van der Waals surface area contributed by atoms with Gasteiger partial charge in [-0.25, -0.2) is 4.79 Å². The summed E-state index contributed by atoms with van der Waals surface area (Å²) in [5.74, 6) is -1.08. The Bertz CT molecular complexity index is 1000. The number of rotatable bonds is 13. The van der Waals surface area contributed by atoms with Gasteiger partial charge in [-0.3, -0.25) is 14.4 Å². The molecule has 0 spiro atoms. The first-order valence-electron chi connectivity index (χ1n) is 13.7. The van der Waals surface area contributed by atoms with E-state index in [0.29, 0.717) is 6.54 Å². The van der Waals surface area contributed by atoms with E-state index in [0.717, 1.165) is 42.4 Å². The van der Waals surface area contributed by atoms with Crippen LogP contribution in [0.3, 0.4) is 0 Å². The van der Waals surface area contributed by atoms with Crippen LogP contribution in [0.2, 0.25) is 0 Å². The summed E-state index contributed by atoms with van der Waals surface area (Å²) in [7, 11) is 0. The second-order valence-corrected chi connectivity index (χ2v) is 11.4. The highest BCUT2D eigenvalue weighted by molar-refractivity contribution is 5.93. The number of primary amides is 1. The molecule has 0 radical (unpaired) electrons. The monoisotopic (exact) mass is 530 g/mol. The van der Waals surface area contributed by atoms with Crippen LogP contribution in [0.5, 0.6) is 0 Å². The molecule has 1 saturated carbocycles. The molecule has 4 amide bonds. The van der Waals surface area contributed by atoms with Crippen molar-refractivity contribution >= 4 is 23.8 Å². The van der Waals surface area contributed by atoms with E-state index < -0.39 is 35.6 Å². The van der Waals surface area contributed by atoms with Crippen LogP contribution in [-0.4, -0.2) is 52.9 Å². The number of carbonyl (C=O) groups is 4. The lowest BCUT2D eigenvalue weighted by Crippen LogP contribution is -2.54. The summed E-state index contributed by atoms with van der Waals surface area (Å²) in [5.41, 5.74) is 7.31. The summed E-state index contributed by atoms with van der Waals surface area (Å²) < 4.78 is 5.39. The number of aryl methyl sites for hydroxylation is 1. The Balaban J connectivity index is 2.50. The largest absolute Gasteiger partial charge is 0.444 e. The average Bonchev–Trinajstić information content (AvgIpc) is 3.53. The number of hydrogen-bond donors (Lipinski definition) is 3. The Morgan fingerprint density at radius 3 is 2.37 bits per heavy atom. The molecular formula is C29H46N4O5. The zero-order chi connectivity index (χ0) is 28.6. The molecule has 1 aliphatic rings. The Labute approximate surface area is 227 Å². The lowest BCUT2D eigenvalue weighted by molar-refractivity contribution is -0.143. The van der Waals surface area contributed by atoms with E-state index in [-0.39, 0.29) is 30.7 Å². The highest BCUT2D eigenvalue weighted by atomic mass is 16.6. The van der Waals surface area contributed by atoms with Gasteiger partial charge in [-0.15, -0.1) is 0 Å². The van der Waals surface area contributed by atoms with Gasteiger partial charge in [-0.05, 0) is 76.5 Å². The van der Waals surface area contributed by atoms with Gasteiger partial charge >= 0.3 is 6.09 Å². The molecule has 2 rings (SSSR count). The third-order valence-electron chi connectivity index (χ3n) is 6.89. The van der Waals surface area contributed by atoms with Crippen LogP contribution < -0.4 is 16.4 Å². The lowest BCUT2D eigenvalue weighted by Gasteiger charge is -2.36. The molecule has 9 heteroatoms. The molecule has 1 aliphatic carbocycles. The van der Waals surface area contributed by atoms with Crippen molar-refractivity contribution in [2.45, 2.75) is 111 Å². The molecule has 0 heterocycles. The van der Waals surface area contributed by atoms with Crippen molar-refractivity contribution in [1.29, 1.82) is 0 Å². The van der Waals surface area contributed by atoms with Gasteiger partial charge in [0.2, 0.25) is 17.7 Å². The second-order valence-electron chi connectivity index (χ2n) is 11.4. The third-order valence-corrected chi connectivity index (χ3v) is 6.89. The second kappa shape index (κ2) is 13.6. The van der Waals surface area contributed by atoms with Gasteiger partial charge in [0.15, 0.2) is 0 Å². The van der Waals surface area contributed by atoms with Crippen LogP contribution in [0.25, 0.3) is 0 Å². The van der Waals surface area contributed by atoms with Crippen LogP contribution in [0, 0.1) is 19.8 Å². The summed E-state index contributed by atoms with van der Waals surface area (Å²) in [4.78, 5) is 53.9. The maximum atomic E-state index is 14.2. The molecule has 0 bridgehead atoms. The van der Waals surface area contributed by atoms with Gasteiger partial charge in [-0.2, -0.15) is 0 Å². The highest BCUT2D eigenvalue weighted by Gasteiger charge is 2.48. The molecule has 1 fully saturated rings. The average molecular weight is 531 g/mol. The minimum absolute atomic E-state index is 0.00263. The molecule has 0 aliphatic heterocycles. The summed E-state index contributed by atoms with van der Waals surface area (Å²) in [6.07, 6.45) is 2.74. The number of unbranched alkanes of at least 4 members (excludes halogenated alkanes) is 2. The van der Waals surface area contributed by atoms with Crippen molar-refractivity contribution in [3.63, 3.8) is 0 Å². The van der Waals surface area contributed by atoms with E-state index in [1.165, 1.54) is 0 Å². The molecule has 4 atom stereocenters. The van der Waals surface area contributed by atoms with Gasteiger partial charge in [0.25, 0.3) is 0 Å². The van der Waals surface area contributed by atoms with Gasteiger partial charge in [0.1, 0.15) is 17.7 Å². The number of hydrogen-bond acceptors (Lipinski definition) is 5. The fourth-order valence-electron chi connectivity index (χ4n) is 4.52. The van der Waals surface area contributed by atoms with Crippen LogP contribution in [0.15, 0.2) is 18.2 Å². The molecule has 4 N–H and O–H groups in total. The van der Waals surface area contributed by atoms with Crippen molar-refractivity contribution < 1.29 is 23.9 Å². The van der Waals surface area contributed by atoms with E-state index in [4.69, 9.17) is 10.5 Å². The molecule has 0 aromatic heterocycles. The summed E-state index contributed by atoms with van der Waals surface area (Å²) in [5, 5.41) is 5.68. The van der Waals surface area contributed by atoms with Gasteiger partial charge < -0.3 is 26.0 Å². The zero-order valence-corrected chi connectivity index (χ0v) is 24.1. The number of carbonyl (C=O) groups excluding carboxylic acids is 4. The smallest absolute Gasteiger partial charge is 0.408 e. The topological polar surface area (TPSA) is 131 Å². The van der Waals surface area contributed by atoms with Crippen LogP contribution in [0.4, 0.5) is 4.79 Å².